The van der Waals surface area contributed by atoms with E-state index in [2.05, 4.69) is 0 Å². The minimum atomic E-state index is -4.64. The van der Waals surface area contributed by atoms with Crippen molar-refractivity contribution in [2.45, 2.75) is 58.8 Å². The van der Waals surface area contributed by atoms with Crippen LogP contribution in [0.3, 0.4) is 0 Å². The maximum atomic E-state index is 14.0. The Kier molecular flexibility index (Phi) is 7.15. The molecule has 176 valence electrons. The van der Waals surface area contributed by atoms with Crippen LogP contribution in [0.15, 0.2) is 53.3 Å². The summed E-state index contributed by atoms with van der Waals surface area (Å²) in [5, 5.41) is 9.41. The molecular formula is C25H27F3N2O3. The minimum absolute atomic E-state index is 0.00153. The fraction of sp³-hybridized carbons (Fsp3) is 0.360. The van der Waals surface area contributed by atoms with Gasteiger partial charge in [-0.2, -0.15) is 13.2 Å². The average Bonchev–Trinajstić information content (AvgIpc) is 3.06. The van der Waals surface area contributed by atoms with Crippen molar-refractivity contribution in [1.29, 1.82) is 0 Å². The molecule has 33 heavy (non-hydrogen) atoms. The van der Waals surface area contributed by atoms with Gasteiger partial charge in [-0.1, -0.05) is 62.7 Å². The zero-order valence-corrected chi connectivity index (χ0v) is 18.8. The van der Waals surface area contributed by atoms with Crippen molar-refractivity contribution in [2.75, 3.05) is 0 Å². The van der Waals surface area contributed by atoms with Crippen LogP contribution in [0.5, 0.6) is 0 Å². The van der Waals surface area contributed by atoms with Gasteiger partial charge in [0.25, 0.3) is 0 Å². The number of carboxylic acids is 1. The zero-order valence-electron chi connectivity index (χ0n) is 18.8. The Labute approximate surface area is 190 Å². The normalized spacial score (nSPS) is 12.7. The van der Waals surface area contributed by atoms with E-state index in [1.165, 1.54) is 10.6 Å². The van der Waals surface area contributed by atoms with Gasteiger partial charge < -0.3 is 5.11 Å². The van der Waals surface area contributed by atoms with Crippen LogP contribution in [-0.2, 0) is 19.1 Å². The molecule has 0 amide bonds. The monoisotopic (exact) mass is 460 g/mol. The van der Waals surface area contributed by atoms with Crippen molar-refractivity contribution >= 4 is 5.97 Å². The van der Waals surface area contributed by atoms with E-state index >= 15 is 0 Å². The van der Waals surface area contributed by atoms with Crippen LogP contribution in [0, 0.1) is 0 Å². The molecule has 0 saturated carbocycles. The second-order valence-electron chi connectivity index (χ2n) is 8.09. The first-order chi connectivity index (χ1) is 15.6. The maximum Gasteiger partial charge on any atom is 0.433 e. The highest BCUT2D eigenvalue weighted by Gasteiger charge is 2.41. The van der Waals surface area contributed by atoms with Gasteiger partial charge in [0, 0.05) is 6.04 Å². The van der Waals surface area contributed by atoms with Crippen molar-refractivity contribution in [1.82, 2.24) is 9.13 Å². The lowest BCUT2D eigenvalue weighted by Gasteiger charge is -2.16. The molecule has 0 radical (unpaired) electrons. The predicted molar refractivity (Wildman–Crippen MR) is 121 cm³/mol. The van der Waals surface area contributed by atoms with Crippen LogP contribution < -0.4 is 5.69 Å². The van der Waals surface area contributed by atoms with Gasteiger partial charge in [-0.25, -0.2) is 9.59 Å². The molecule has 0 fully saturated rings. The summed E-state index contributed by atoms with van der Waals surface area (Å²) in [5.41, 5.74) is 0.494. The highest BCUT2D eigenvalue weighted by Crippen LogP contribution is 2.34. The summed E-state index contributed by atoms with van der Waals surface area (Å²) in [4.78, 5) is 24.6. The fourth-order valence-electron chi connectivity index (χ4n) is 4.05. The van der Waals surface area contributed by atoms with Crippen LogP contribution >= 0.6 is 0 Å². The van der Waals surface area contributed by atoms with Crippen molar-refractivity contribution in [3.8, 4) is 11.1 Å². The Morgan fingerprint density at radius 2 is 1.70 bits per heavy atom. The third-order valence-corrected chi connectivity index (χ3v) is 5.83. The Hall–Kier alpha value is -3.29. The Balaban J connectivity index is 2.06. The number of hydrogen-bond donors (Lipinski definition) is 1. The van der Waals surface area contributed by atoms with Gasteiger partial charge >= 0.3 is 17.8 Å². The van der Waals surface area contributed by atoms with Crippen molar-refractivity contribution < 1.29 is 23.1 Å². The van der Waals surface area contributed by atoms with Gasteiger partial charge in [-0.05, 0) is 42.5 Å². The predicted octanol–water partition coefficient (Wildman–Crippen LogP) is 6.01. The molecule has 3 aromatic rings. The van der Waals surface area contributed by atoms with Crippen LogP contribution in [0.1, 0.15) is 67.0 Å². The Bertz CT molecular complexity index is 1190. The van der Waals surface area contributed by atoms with E-state index in [9.17, 15) is 27.9 Å². The SMILES string of the molecule is CCCc1c(C(F)(F)F)n(C(C)CC)c(=O)n1Cc1ccc(-c2ccccc2C(=O)O)cc1. The molecule has 0 aliphatic rings. The molecule has 0 bridgehead atoms. The number of aromatic carboxylic acids is 1. The summed E-state index contributed by atoms with van der Waals surface area (Å²) >= 11 is 0. The highest BCUT2D eigenvalue weighted by molar-refractivity contribution is 5.95. The lowest BCUT2D eigenvalue weighted by atomic mass is 9.99. The van der Waals surface area contributed by atoms with Crippen molar-refractivity contribution in [3.63, 3.8) is 0 Å². The molecule has 1 unspecified atom stereocenters. The van der Waals surface area contributed by atoms with E-state index in [1.807, 2.05) is 0 Å². The van der Waals surface area contributed by atoms with E-state index in [0.717, 1.165) is 4.57 Å². The number of halogens is 3. The number of carbonyl (C=O) groups is 1. The van der Waals surface area contributed by atoms with Gasteiger partial charge in [0.2, 0.25) is 0 Å². The highest BCUT2D eigenvalue weighted by atomic mass is 19.4. The molecule has 3 rings (SSSR count). The molecule has 1 aromatic heterocycles. The summed E-state index contributed by atoms with van der Waals surface area (Å²) in [5.74, 6) is -1.04. The maximum absolute atomic E-state index is 14.0. The van der Waals surface area contributed by atoms with E-state index in [4.69, 9.17) is 0 Å². The van der Waals surface area contributed by atoms with Gasteiger partial charge in [0.1, 0.15) is 5.69 Å². The van der Waals surface area contributed by atoms with Gasteiger partial charge in [0.15, 0.2) is 0 Å². The molecular weight excluding hydrogens is 433 g/mol. The standard InChI is InChI=1S/C25H27F3N2O3/c1-4-8-21-22(25(26,27)28)30(16(3)5-2)24(33)29(21)15-17-11-13-18(14-12-17)19-9-6-7-10-20(19)23(31)32/h6-7,9-14,16H,4-5,8,15H2,1-3H3,(H,31,32). The molecule has 0 spiro atoms. The largest absolute Gasteiger partial charge is 0.478 e. The Morgan fingerprint density at radius 3 is 2.24 bits per heavy atom. The third-order valence-electron chi connectivity index (χ3n) is 5.83. The number of carboxylic acid groups (broad SMARTS) is 1. The molecule has 1 atom stereocenters. The molecule has 1 heterocycles. The number of alkyl halides is 3. The van der Waals surface area contributed by atoms with Gasteiger partial charge in [-0.3, -0.25) is 9.13 Å². The molecule has 5 nitrogen and oxygen atoms in total. The smallest absolute Gasteiger partial charge is 0.433 e. The molecule has 0 saturated heterocycles. The van der Waals surface area contributed by atoms with E-state index in [1.54, 1.807) is 63.2 Å². The van der Waals surface area contributed by atoms with Gasteiger partial charge in [0.05, 0.1) is 17.8 Å². The topological polar surface area (TPSA) is 64.2 Å². The van der Waals surface area contributed by atoms with Crippen LogP contribution in [0.25, 0.3) is 11.1 Å². The second kappa shape index (κ2) is 9.68. The lowest BCUT2D eigenvalue weighted by Crippen LogP contribution is -2.29. The van der Waals surface area contributed by atoms with E-state index < -0.39 is 29.6 Å². The zero-order chi connectivity index (χ0) is 24.3. The number of hydrogen-bond acceptors (Lipinski definition) is 2. The van der Waals surface area contributed by atoms with E-state index in [-0.39, 0.29) is 24.2 Å². The lowest BCUT2D eigenvalue weighted by molar-refractivity contribution is -0.145. The van der Waals surface area contributed by atoms with E-state index in [0.29, 0.717) is 29.5 Å². The first-order valence-corrected chi connectivity index (χ1v) is 10.9. The molecule has 0 aliphatic carbocycles. The van der Waals surface area contributed by atoms with Crippen LogP contribution in [0.4, 0.5) is 13.2 Å². The molecule has 1 N–H and O–H groups in total. The first-order valence-electron chi connectivity index (χ1n) is 10.9. The second-order valence-corrected chi connectivity index (χ2v) is 8.09. The third kappa shape index (κ3) is 4.89. The first kappa shape index (κ1) is 24.4. The van der Waals surface area contributed by atoms with Crippen LogP contribution in [0.2, 0.25) is 0 Å². The average molecular weight is 460 g/mol. The number of nitrogens with zero attached hydrogens (tertiary/aromatic N) is 2. The number of aromatic nitrogens is 2. The summed E-state index contributed by atoms with van der Waals surface area (Å²) in [6.45, 7) is 5.15. The number of imidazole rings is 1. The number of benzene rings is 2. The number of rotatable bonds is 8. The fourth-order valence-corrected chi connectivity index (χ4v) is 4.05. The minimum Gasteiger partial charge on any atom is -0.478 e. The molecule has 0 aliphatic heterocycles. The van der Waals surface area contributed by atoms with Crippen LogP contribution in [-0.4, -0.2) is 20.2 Å². The summed E-state index contributed by atoms with van der Waals surface area (Å²) in [6.07, 6.45) is -3.63. The molecule has 8 heteroatoms. The van der Waals surface area contributed by atoms with Crippen molar-refractivity contribution in [2.24, 2.45) is 0 Å². The van der Waals surface area contributed by atoms with Crippen molar-refractivity contribution in [3.05, 3.63) is 81.5 Å². The summed E-state index contributed by atoms with van der Waals surface area (Å²) in [7, 11) is 0. The molecule has 2 aromatic carbocycles. The Morgan fingerprint density at radius 1 is 1.06 bits per heavy atom. The summed E-state index contributed by atoms with van der Waals surface area (Å²) < 4.78 is 44.0. The quantitative estimate of drug-likeness (QED) is 0.448. The summed E-state index contributed by atoms with van der Waals surface area (Å²) in [6, 6.07) is 12.9. The van der Waals surface area contributed by atoms with Gasteiger partial charge in [-0.15, -0.1) is 0 Å².